The molecule has 9 nitrogen and oxygen atoms in total. The summed E-state index contributed by atoms with van der Waals surface area (Å²) in [5.41, 5.74) is 7.87. The van der Waals surface area contributed by atoms with Crippen LogP contribution in [0.3, 0.4) is 0 Å². The number of benzene rings is 2. The standard InChI is InChI=1S/C22H25Cl2N7O2/c1-13-27-22(33-30-13)20-11-14-10-15(32-12-16-17(23)4-2-5-18(16)24)7-8-19(14)31(20)9-3-6-21(28-25)29-26/h2,4-5,7-8,10-11,21,28-29H,3,6,9,12,25-26H2,1H3. The zero-order valence-electron chi connectivity index (χ0n) is 18.0. The van der Waals surface area contributed by atoms with Crippen LogP contribution < -0.4 is 27.3 Å². The molecular formula is C22H25Cl2N7O2. The van der Waals surface area contributed by atoms with Crippen molar-refractivity contribution in [3.05, 3.63) is 63.9 Å². The number of ether oxygens (including phenoxy) is 1. The predicted octanol–water partition coefficient (Wildman–Crippen LogP) is 3.92. The number of hydrazine groups is 2. The number of rotatable bonds is 10. The maximum atomic E-state index is 6.26. The second-order valence-electron chi connectivity index (χ2n) is 7.57. The normalized spacial score (nSPS) is 11.6. The molecule has 33 heavy (non-hydrogen) atoms. The van der Waals surface area contributed by atoms with Gasteiger partial charge in [0.05, 0.1) is 6.17 Å². The summed E-state index contributed by atoms with van der Waals surface area (Å²) in [5.74, 6) is 12.7. The van der Waals surface area contributed by atoms with Gasteiger partial charge < -0.3 is 13.8 Å². The Morgan fingerprint density at radius 2 is 1.88 bits per heavy atom. The summed E-state index contributed by atoms with van der Waals surface area (Å²) in [6, 6.07) is 13.3. The van der Waals surface area contributed by atoms with Crippen LogP contribution in [0.1, 0.15) is 24.2 Å². The van der Waals surface area contributed by atoms with E-state index in [4.69, 9.17) is 44.1 Å². The van der Waals surface area contributed by atoms with Crippen molar-refractivity contribution in [2.75, 3.05) is 0 Å². The molecule has 0 radical (unpaired) electrons. The van der Waals surface area contributed by atoms with Gasteiger partial charge in [0, 0.05) is 33.1 Å². The van der Waals surface area contributed by atoms with Crippen molar-refractivity contribution < 1.29 is 9.26 Å². The van der Waals surface area contributed by atoms with Gasteiger partial charge in [0.15, 0.2) is 5.82 Å². The van der Waals surface area contributed by atoms with Crippen LogP contribution in [0.2, 0.25) is 10.0 Å². The fourth-order valence-corrected chi connectivity index (χ4v) is 4.16. The molecule has 174 valence electrons. The monoisotopic (exact) mass is 489 g/mol. The van der Waals surface area contributed by atoms with Crippen LogP contribution >= 0.6 is 23.2 Å². The molecule has 0 spiro atoms. The molecule has 0 saturated carbocycles. The van der Waals surface area contributed by atoms with Crippen LogP contribution in [0.4, 0.5) is 0 Å². The van der Waals surface area contributed by atoms with E-state index in [1.165, 1.54) is 0 Å². The van der Waals surface area contributed by atoms with Crippen LogP contribution in [0.5, 0.6) is 5.75 Å². The van der Waals surface area contributed by atoms with Crippen LogP contribution in [0.25, 0.3) is 22.5 Å². The van der Waals surface area contributed by atoms with Gasteiger partial charge in [0.25, 0.3) is 5.89 Å². The van der Waals surface area contributed by atoms with E-state index in [1.807, 2.05) is 24.3 Å². The Hall–Kier alpha value is -2.66. The van der Waals surface area contributed by atoms with Crippen LogP contribution in [-0.4, -0.2) is 20.9 Å². The van der Waals surface area contributed by atoms with E-state index in [2.05, 4.69) is 25.6 Å². The minimum atomic E-state index is -0.183. The third-order valence-corrected chi connectivity index (χ3v) is 6.05. The van der Waals surface area contributed by atoms with Crippen LogP contribution in [0, 0.1) is 6.92 Å². The summed E-state index contributed by atoms with van der Waals surface area (Å²) in [6.45, 7) is 2.76. The summed E-state index contributed by atoms with van der Waals surface area (Å²) in [5, 5.41) is 6.06. The average molecular weight is 490 g/mol. The average Bonchev–Trinajstić information content (AvgIpc) is 3.39. The molecule has 0 atom stereocenters. The van der Waals surface area contributed by atoms with E-state index < -0.39 is 0 Å². The van der Waals surface area contributed by atoms with Crippen molar-refractivity contribution in [3.63, 3.8) is 0 Å². The van der Waals surface area contributed by atoms with E-state index >= 15 is 0 Å². The number of aryl methyl sites for hydroxylation is 2. The lowest BCUT2D eigenvalue weighted by atomic mass is 10.2. The number of nitrogens with zero attached hydrogens (tertiary/aromatic N) is 3. The molecule has 0 fully saturated rings. The Kier molecular flexibility index (Phi) is 7.49. The van der Waals surface area contributed by atoms with Gasteiger partial charge >= 0.3 is 0 Å². The maximum absolute atomic E-state index is 6.26. The largest absolute Gasteiger partial charge is 0.489 e. The first-order valence-corrected chi connectivity index (χ1v) is 11.2. The summed E-state index contributed by atoms with van der Waals surface area (Å²) >= 11 is 12.5. The molecular weight excluding hydrogens is 465 g/mol. The molecule has 0 amide bonds. The molecule has 11 heteroatoms. The third kappa shape index (κ3) is 5.30. The molecule has 0 saturated heterocycles. The first kappa shape index (κ1) is 23.5. The highest BCUT2D eigenvalue weighted by molar-refractivity contribution is 6.35. The van der Waals surface area contributed by atoms with Gasteiger partial charge in [-0.05, 0) is 56.2 Å². The van der Waals surface area contributed by atoms with Gasteiger partial charge in [-0.3, -0.25) is 11.7 Å². The third-order valence-electron chi connectivity index (χ3n) is 5.34. The zero-order chi connectivity index (χ0) is 23.4. The first-order chi connectivity index (χ1) is 16.0. The second-order valence-corrected chi connectivity index (χ2v) is 8.38. The van der Waals surface area contributed by atoms with Crippen molar-refractivity contribution in [3.8, 4) is 17.3 Å². The highest BCUT2D eigenvalue weighted by Crippen LogP contribution is 2.32. The lowest BCUT2D eigenvalue weighted by molar-refractivity contribution is 0.307. The van der Waals surface area contributed by atoms with Crippen molar-refractivity contribution >= 4 is 34.1 Å². The lowest BCUT2D eigenvalue weighted by Gasteiger charge is -2.15. The Morgan fingerprint density at radius 1 is 1.12 bits per heavy atom. The number of aromatic nitrogens is 3. The van der Waals surface area contributed by atoms with Crippen molar-refractivity contribution in [1.82, 2.24) is 25.6 Å². The Balaban J connectivity index is 1.61. The minimum absolute atomic E-state index is 0.183. The number of nitrogens with one attached hydrogen (secondary N) is 2. The second kappa shape index (κ2) is 10.5. The first-order valence-electron chi connectivity index (χ1n) is 10.4. The predicted molar refractivity (Wildman–Crippen MR) is 128 cm³/mol. The van der Waals surface area contributed by atoms with Crippen LogP contribution in [0.15, 0.2) is 47.0 Å². The molecule has 6 N–H and O–H groups in total. The van der Waals surface area contributed by atoms with E-state index in [-0.39, 0.29) is 12.8 Å². The molecule has 2 aromatic carbocycles. The summed E-state index contributed by atoms with van der Waals surface area (Å²) < 4.78 is 13.6. The number of nitrogens with two attached hydrogens (primary N) is 2. The highest BCUT2D eigenvalue weighted by atomic mass is 35.5. The quantitative estimate of drug-likeness (QED) is 0.150. The topological polar surface area (TPSA) is 129 Å². The molecule has 0 aliphatic heterocycles. The van der Waals surface area contributed by atoms with Gasteiger partial charge in [-0.1, -0.05) is 34.4 Å². The van der Waals surface area contributed by atoms with Gasteiger partial charge in [0.1, 0.15) is 18.1 Å². The van der Waals surface area contributed by atoms with Crippen molar-refractivity contribution in [1.29, 1.82) is 0 Å². The summed E-state index contributed by atoms with van der Waals surface area (Å²) in [4.78, 5) is 4.41. The SMILES string of the molecule is Cc1noc(-c2cc3cc(OCc4c(Cl)cccc4Cl)ccc3n2CCCC(NN)NN)n1. The van der Waals surface area contributed by atoms with Crippen LogP contribution in [-0.2, 0) is 13.2 Å². The molecule has 2 heterocycles. The zero-order valence-corrected chi connectivity index (χ0v) is 19.5. The van der Waals surface area contributed by atoms with Gasteiger partial charge in [0.2, 0.25) is 0 Å². The van der Waals surface area contributed by atoms with E-state index in [0.717, 1.165) is 35.0 Å². The molecule has 0 bridgehead atoms. The fourth-order valence-electron chi connectivity index (χ4n) is 3.65. The molecule has 0 aliphatic rings. The molecule has 2 aromatic heterocycles. The number of hydrogen-bond donors (Lipinski definition) is 4. The summed E-state index contributed by atoms with van der Waals surface area (Å²) in [7, 11) is 0. The van der Waals surface area contributed by atoms with Crippen molar-refractivity contribution in [2.24, 2.45) is 11.7 Å². The Morgan fingerprint density at radius 3 is 2.55 bits per heavy atom. The Labute approximate surface area is 200 Å². The number of fused-ring (bicyclic) bond motifs is 1. The maximum Gasteiger partial charge on any atom is 0.274 e. The van der Waals surface area contributed by atoms with Gasteiger partial charge in [-0.15, -0.1) is 0 Å². The number of hydrogen-bond acceptors (Lipinski definition) is 8. The van der Waals surface area contributed by atoms with Gasteiger partial charge in [-0.2, -0.15) is 4.98 Å². The molecule has 4 aromatic rings. The molecule has 0 aliphatic carbocycles. The highest BCUT2D eigenvalue weighted by Gasteiger charge is 2.17. The molecule has 0 unspecified atom stereocenters. The minimum Gasteiger partial charge on any atom is -0.489 e. The fraction of sp³-hybridized carbons (Fsp3) is 0.273. The van der Waals surface area contributed by atoms with E-state index in [0.29, 0.717) is 34.1 Å². The Bertz CT molecular complexity index is 1220. The summed E-state index contributed by atoms with van der Waals surface area (Å²) in [6.07, 6.45) is 1.36. The number of halogens is 2. The van der Waals surface area contributed by atoms with Gasteiger partial charge in [-0.25, -0.2) is 10.9 Å². The lowest BCUT2D eigenvalue weighted by Crippen LogP contribution is -2.49. The van der Waals surface area contributed by atoms with E-state index in [1.54, 1.807) is 25.1 Å². The smallest absolute Gasteiger partial charge is 0.274 e. The van der Waals surface area contributed by atoms with Crippen molar-refractivity contribution in [2.45, 2.75) is 39.1 Å². The van der Waals surface area contributed by atoms with E-state index in [9.17, 15) is 0 Å². The molecule has 4 rings (SSSR count).